The quantitative estimate of drug-likeness (QED) is 0.469. The highest BCUT2D eigenvalue weighted by molar-refractivity contribution is 7.90. The van der Waals surface area contributed by atoms with Crippen molar-refractivity contribution in [2.45, 2.75) is 24.0 Å². The number of nitrogens with two attached hydrogens (primary N) is 1. The minimum absolute atomic E-state index is 0. The highest BCUT2D eigenvalue weighted by atomic mass is 35.5. The molecule has 8 nitrogen and oxygen atoms in total. The van der Waals surface area contributed by atoms with Crippen molar-refractivity contribution in [1.29, 1.82) is 0 Å². The molecule has 3 rings (SSSR count). The molecule has 0 fully saturated rings. The first-order chi connectivity index (χ1) is 12.3. The molecule has 1 aromatic heterocycles. The van der Waals surface area contributed by atoms with Gasteiger partial charge in [0, 0.05) is 5.39 Å². The van der Waals surface area contributed by atoms with Crippen LogP contribution in [0.25, 0.3) is 22.0 Å². The van der Waals surface area contributed by atoms with Gasteiger partial charge in [0.25, 0.3) is 15.9 Å². The maximum atomic E-state index is 12.4. The molecule has 0 unspecified atom stereocenters. The molecule has 0 aliphatic heterocycles. The number of hydrogen-bond acceptors (Lipinski definition) is 6. The number of aromatic nitrogens is 2. The molecular weight excluding hydrogens is 427 g/mol. The fourth-order valence-electron chi connectivity index (χ4n) is 2.44. The van der Waals surface area contributed by atoms with Gasteiger partial charge < -0.3 is 10.8 Å². The van der Waals surface area contributed by atoms with Gasteiger partial charge in [0.05, 0.1) is 22.7 Å². The molecule has 1 amide bonds. The molecule has 0 bridgehead atoms. The van der Waals surface area contributed by atoms with Crippen LogP contribution in [0.1, 0.15) is 6.92 Å². The monoisotopic (exact) mass is 446 g/mol. The highest BCUT2D eigenvalue weighted by Crippen LogP contribution is 2.25. The van der Waals surface area contributed by atoms with Gasteiger partial charge in [-0.3, -0.25) is 9.89 Å². The van der Waals surface area contributed by atoms with Crippen molar-refractivity contribution < 1.29 is 18.3 Å². The molecule has 0 aliphatic rings. The SMILES string of the molecule is C[C@@H](O)[C@H](N)C(=O)NS(=O)(=O)c1cccc(-c2ccc3[nH]ncc3c2)c1.Cl.Cl. The Morgan fingerprint density at radius 2 is 1.86 bits per heavy atom. The number of benzene rings is 2. The van der Waals surface area contributed by atoms with Crippen LogP contribution in [-0.2, 0) is 14.8 Å². The van der Waals surface area contributed by atoms with Crippen molar-refractivity contribution in [2.75, 3.05) is 0 Å². The summed E-state index contributed by atoms with van der Waals surface area (Å²) >= 11 is 0. The second kappa shape index (κ2) is 9.35. The summed E-state index contributed by atoms with van der Waals surface area (Å²) in [6, 6.07) is 10.4. The summed E-state index contributed by atoms with van der Waals surface area (Å²) in [5, 5.41) is 17.0. The van der Waals surface area contributed by atoms with E-state index in [2.05, 4.69) is 10.2 Å². The van der Waals surface area contributed by atoms with Crippen molar-refractivity contribution in [1.82, 2.24) is 14.9 Å². The van der Waals surface area contributed by atoms with E-state index < -0.39 is 28.1 Å². The van der Waals surface area contributed by atoms with Crippen LogP contribution in [0.5, 0.6) is 0 Å². The van der Waals surface area contributed by atoms with Crippen LogP contribution in [0.4, 0.5) is 0 Å². The Morgan fingerprint density at radius 3 is 2.54 bits per heavy atom. The number of sulfonamides is 1. The maximum absolute atomic E-state index is 12.4. The third-order valence-electron chi connectivity index (χ3n) is 3.98. The number of aliphatic hydroxyl groups excluding tert-OH is 1. The number of fused-ring (bicyclic) bond motifs is 1. The predicted octanol–water partition coefficient (Wildman–Crippen LogP) is 1.59. The minimum Gasteiger partial charge on any atom is -0.391 e. The Hall–Kier alpha value is -2.17. The third-order valence-corrected chi connectivity index (χ3v) is 5.32. The van der Waals surface area contributed by atoms with E-state index in [1.807, 2.05) is 22.9 Å². The van der Waals surface area contributed by atoms with Crippen LogP contribution in [0.3, 0.4) is 0 Å². The average molecular weight is 447 g/mol. The van der Waals surface area contributed by atoms with Crippen molar-refractivity contribution in [2.24, 2.45) is 5.73 Å². The van der Waals surface area contributed by atoms with Crippen LogP contribution in [0.15, 0.2) is 53.6 Å². The van der Waals surface area contributed by atoms with Crippen molar-refractivity contribution in [3.8, 4) is 11.1 Å². The van der Waals surface area contributed by atoms with Gasteiger partial charge in [-0.2, -0.15) is 5.10 Å². The van der Waals surface area contributed by atoms with Gasteiger partial charge in [-0.05, 0) is 42.3 Å². The summed E-state index contributed by atoms with van der Waals surface area (Å²) in [5.74, 6) is -0.967. The molecule has 0 radical (unpaired) electrons. The molecule has 11 heteroatoms. The third kappa shape index (κ3) is 5.00. The average Bonchev–Trinajstić information content (AvgIpc) is 3.08. The number of rotatable bonds is 5. The lowest BCUT2D eigenvalue weighted by atomic mass is 10.0. The van der Waals surface area contributed by atoms with Gasteiger partial charge in [-0.25, -0.2) is 13.1 Å². The number of nitrogens with zero attached hydrogens (tertiary/aromatic N) is 1. The molecule has 152 valence electrons. The number of halogens is 2. The number of aliphatic hydroxyl groups is 1. The Kier molecular flexibility index (Phi) is 7.97. The largest absolute Gasteiger partial charge is 0.391 e. The molecule has 0 saturated carbocycles. The summed E-state index contributed by atoms with van der Waals surface area (Å²) in [5.41, 5.74) is 7.82. The van der Waals surface area contributed by atoms with E-state index in [4.69, 9.17) is 5.73 Å². The summed E-state index contributed by atoms with van der Waals surface area (Å²) in [4.78, 5) is 11.8. The van der Waals surface area contributed by atoms with Crippen LogP contribution in [-0.4, -0.2) is 41.8 Å². The van der Waals surface area contributed by atoms with Crippen LogP contribution in [0, 0.1) is 0 Å². The van der Waals surface area contributed by atoms with E-state index in [1.165, 1.54) is 19.1 Å². The molecule has 2 aromatic carbocycles. The van der Waals surface area contributed by atoms with Gasteiger partial charge in [0.2, 0.25) is 0 Å². The van der Waals surface area contributed by atoms with Crippen molar-refractivity contribution >= 4 is 51.6 Å². The molecule has 3 aromatic rings. The second-order valence-electron chi connectivity index (χ2n) is 5.94. The fourth-order valence-corrected chi connectivity index (χ4v) is 3.50. The number of aromatic amines is 1. The van der Waals surface area contributed by atoms with Gasteiger partial charge in [0.15, 0.2) is 0 Å². The van der Waals surface area contributed by atoms with E-state index in [0.29, 0.717) is 5.56 Å². The predicted molar refractivity (Wildman–Crippen MR) is 111 cm³/mol. The van der Waals surface area contributed by atoms with Crippen LogP contribution >= 0.6 is 24.8 Å². The first-order valence-electron chi connectivity index (χ1n) is 7.82. The fraction of sp³-hybridized carbons (Fsp3) is 0.176. The van der Waals surface area contributed by atoms with E-state index in [0.717, 1.165) is 16.5 Å². The zero-order chi connectivity index (χ0) is 18.9. The maximum Gasteiger partial charge on any atom is 0.264 e. The highest BCUT2D eigenvalue weighted by Gasteiger charge is 2.25. The van der Waals surface area contributed by atoms with E-state index >= 15 is 0 Å². The molecule has 2 atom stereocenters. The number of H-pyrrole nitrogens is 1. The van der Waals surface area contributed by atoms with Gasteiger partial charge in [-0.15, -0.1) is 24.8 Å². The van der Waals surface area contributed by atoms with Gasteiger partial charge in [0.1, 0.15) is 6.04 Å². The Morgan fingerprint density at radius 1 is 1.18 bits per heavy atom. The first-order valence-corrected chi connectivity index (χ1v) is 9.30. The van der Waals surface area contributed by atoms with Crippen molar-refractivity contribution in [3.63, 3.8) is 0 Å². The van der Waals surface area contributed by atoms with E-state index in [9.17, 15) is 18.3 Å². The normalized spacial score (nSPS) is 13.1. The number of carbonyl (C=O) groups is 1. The zero-order valence-electron chi connectivity index (χ0n) is 14.7. The summed E-state index contributed by atoms with van der Waals surface area (Å²) in [7, 11) is -4.11. The lowest BCUT2D eigenvalue weighted by Crippen LogP contribution is -2.48. The summed E-state index contributed by atoms with van der Waals surface area (Å²) < 4.78 is 26.8. The number of hydrogen-bond donors (Lipinski definition) is 4. The Labute approximate surface area is 174 Å². The molecule has 1 heterocycles. The molecule has 0 saturated heterocycles. The zero-order valence-corrected chi connectivity index (χ0v) is 17.1. The Bertz CT molecular complexity index is 1070. The Balaban J connectivity index is 0.00000196. The molecular formula is C17H20Cl2N4O4S. The summed E-state index contributed by atoms with van der Waals surface area (Å²) in [6.07, 6.45) is 0.509. The van der Waals surface area contributed by atoms with Crippen LogP contribution in [0.2, 0.25) is 0 Å². The molecule has 28 heavy (non-hydrogen) atoms. The number of carbonyl (C=O) groups excluding carboxylic acids is 1. The summed E-state index contributed by atoms with van der Waals surface area (Å²) in [6.45, 7) is 1.31. The topological polar surface area (TPSA) is 138 Å². The number of amides is 1. The van der Waals surface area contributed by atoms with Crippen molar-refractivity contribution in [3.05, 3.63) is 48.7 Å². The van der Waals surface area contributed by atoms with Gasteiger partial charge in [-0.1, -0.05) is 18.2 Å². The molecule has 0 aliphatic carbocycles. The van der Waals surface area contributed by atoms with E-state index in [1.54, 1.807) is 18.3 Å². The smallest absolute Gasteiger partial charge is 0.264 e. The first kappa shape index (κ1) is 23.9. The lowest BCUT2D eigenvalue weighted by Gasteiger charge is -2.15. The van der Waals surface area contributed by atoms with E-state index in [-0.39, 0.29) is 29.7 Å². The standard InChI is InChI=1S/C17H18N4O4S.2ClH/c1-10(22)16(18)17(23)21-26(24,25)14-4-2-3-11(8-14)12-5-6-15-13(7-12)9-19-20-15;;/h2-10,16,22H,18H2,1H3,(H,19,20)(H,21,23);2*1H/t10-,16+;;/m1../s1. The van der Waals surface area contributed by atoms with Crippen LogP contribution < -0.4 is 10.5 Å². The lowest BCUT2D eigenvalue weighted by molar-refractivity contribution is -0.122. The number of nitrogens with one attached hydrogen (secondary N) is 2. The molecule has 5 N–H and O–H groups in total. The second-order valence-corrected chi connectivity index (χ2v) is 7.62. The minimum atomic E-state index is -4.11. The molecule has 0 spiro atoms. The van der Waals surface area contributed by atoms with Gasteiger partial charge >= 0.3 is 0 Å².